The first-order chi connectivity index (χ1) is 9.17. The summed E-state index contributed by atoms with van der Waals surface area (Å²) in [5, 5.41) is 16.0. The summed E-state index contributed by atoms with van der Waals surface area (Å²) in [6.45, 7) is 3.45. The van der Waals surface area contributed by atoms with Gasteiger partial charge in [0.05, 0.1) is 6.10 Å². The molecule has 1 aromatic heterocycles. The van der Waals surface area contributed by atoms with Gasteiger partial charge < -0.3 is 15.7 Å². The standard InChI is InChI=1S/C12H20ClN5O/c1-2-14-11-16-10(13)17-12(18-11)15-7-8-4-3-5-9(19)6-8/h8-9,19H,2-7H2,1H3,(H2,14,15,16,17,18). The van der Waals surface area contributed by atoms with Crippen LogP contribution in [0.1, 0.15) is 32.6 Å². The van der Waals surface area contributed by atoms with Gasteiger partial charge in [-0.05, 0) is 43.7 Å². The molecule has 3 N–H and O–H groups in total. The molecule has 2 atom stereocenters. The number of hydrogen-bond acceptors (Lipinski definition) is 6. The molecule has 0 aliphatic heterocycles. The highest BCUT2D eigenvalue weighted by atomic mass is 35.5. The first kappa shape index (κ1) is 14.3. The Labute approximate surface area is 118 Å². The topological polar surface area (TPSA) is 83.0 Å². The zero-order valence-corrected chi connectivity index (χ0v) is 11.8. The summed E-state index contributed by atoms with van der Waals surface area (Å²) in [5.41, 5.74) is 0. The first-order valence-corrected chi connectivity index (χ1v) is 7.12. The molecule has 0 radical (unpaired) electrons. The van der Waals surface area contributed by atoms with Gasteiger partial charge in [-0.3, -0.25) is 0 Å². The lowest BCUT2D eigenvalue weighted by Crippen LogP contribution is -2.25. The van der Waals surface area contributed by atoms with Gasteiger partial charge in [0.15, 0.2) is 0 Å². The lowest BCUT2D eigenvalue weighted by molar-refractivity contribution is 0.104. The molecule has 0 aromatic carbocycles. The Bertz CT molecular complexity index is 417. The highest BCUT2D eigenvalue weighted by molar-refractivity contribution is 6.28. The van der Waals surface area contributed by atoms with E-state index in [0.717, 1.165) is 38.8 Å². The quantitative estimate of drug-likeness (QED) is 0.767. The monoisotopic (exact) mass is 285 g/mol. The van der Waals surface area contributed by atoms with E-state index in [1.807, 2.05) is 6.92 Å². The van der Waals surface area contributed by atoms with Crippen LogP contribution < -0.4 is 10.6 Å². The number of aliphatic hydroxyl groups excluding tert-OH is 1. The summed E-state index contributed by atoms with van der Waals surface area (Å²) < 4.78 is 0. The number of aliphatic hydroxyl groups is 1. The van der Waals surface area contributed by atoms with Crippen LogP contribution in [0.15, 0.2) is 0 Å². The lowest BCUT2D eigenvalue weighted by atomic mass is 9.87. The summed E-state index contributed by atoms with van der Waals surface area (Å²) in [6.07, 6.45) is 3.79. The number of nitrogens with one attached hydrogen (secondary N) is 2. The Kier molecular flexibility index (Phi) is 5.15. The van der Waals surface area contributed by atoms with Gasteiger partial charge in [-0.25, -0.2) is 0 Å². The smallest absolute Gasteiger partial charge is 0.228 e. The minimum Gasteiger partial charge on any atom is -0.393 e. The number of anilines is 2. The fourth-order valence-electron chi connectivity index (χ4n) is 2.35. The van der Waals surface area contributed by atoms with Gasteiger partial charge in [-0.2, -0.15) is 15.0 Å². The van der Waals surface area contributed by atoms with Gasteiger partial charge in [0.1, 0.15) is 0 Å². The molecule has 1 heterocycles. The molecule has 1 aliphatic carbocycles. The van der Waals surface area contributed by atoms with Crippen molar-refractivity contribution in [3.63, 3.8) is 0 Å². The molecule has 0 saturated heterocycles. The number of nitrogens with zero attached hydrogens (tertiary/aromatic N) is 3. The molecule has 0 spiro atoms. The number of aromatic nitrogens is 3. The second kappa shape index (κ2) is 6.86. The van der Waals surface area contributed by atoms with E-state index in [1.54, 1.807) is 0 Å². The van der Waals surface area contributed by atoms with Crippen molar-refractivity contribution in [2.45, 2.75) is 38.7 Å². The Morgan fingerprint density at radius 3 is 2.63 bits per heavy atom. The van der Waals surface area contributed by atoms with Crippen molar-refractivity contribution >= 4 is 23.5 Å². The molecule has 106 valence electrons. The maximum atomic E-state index is 9.63. The van der Waals surface area contributed by atoms with E-state index in [0.29, 0.717) is 17.8 Å². The van der Waals surface area contributed by atoms with Crippen LogP contribution in [0.5, 0.6) is 0 Å². The van der Waals surface area contributed by atoms with Crippen LogP contribution in [0.3, 0.4) is 0 Å². The zero-order chi connectivity index (χ0) is 13.7. The fraction of sp³-hybridized carbons (Fsp3) is 0.750. The maximum absolute atomic E-state index is 9.63. The fourth-order valence-corrected chi connectivity index (χ4v) is 2.51. The van der Waals surface area contributed by atoms with Crippen molar-refractivity contribution in [1.82, 2.24) is 15.0 Å². The van der Waals surface area contributed by atoms with Gasteiger partial charge in [-0.15, -0.1) is 0 Å². The summed E-state index contributed by atoms with van der Waals surface area (Å²) in [5.74, 6) is 1.42. The normalized spacial score (nSPS) is 23.1. The van der Waals surface area contributed by atoms with Crippen LogP contribution in [0, 0.1) is 5.92 Å². The van der Waals surface area contributed by atoms with Crippen molar-refractivity contribution < 1.29 is 5.11 Å². The largest absolute Gasteiger partial charge is 0.393 e. The van der Waals surface area contributed by atoms with Crippen molar-refractivity contribution in [2.24, 2.45) is 5.92 Å². The van der Waals surface area contributed by atoms with Gasteiger partial charge in [-0.1, -0.05) is 6.42 Å². The van der Waals surface area contributed by atoms with E-state index >= 15 is 0 Å². The van der Waals surface area contributed by atoms with E-state index in [9.17, 15) is 5.11 Å². The first-order valence-electron chi connectivity index (χ1n) is 6.74. The molecule has 1 aromatic rings. The SMILES string of the molecule is CCNc1nc(Cl)nc(NCC2CCCC(O)C2)n1. The van der Waals surface area contributed by atoms with Crippen LogP contribution in [-0.2, 0) is 0 Å². The summed E-state index contributed by atoms with van der Waals surface area (Å²) in [7, 11) is 0. The lowest BCUT2D eigenvalue weighted by Gasteiger charge is -2.25. The summed E-state index contributed by atoms with van der Waals surface area (Å²) in [4.78, 5) is 12.3. The van der Waals surface area contributed by atoms with Crippen LogP contribution in [0.25, 0.3) is 0 Å². The predicted molar refractivity (Wildman–Crippen MR) is 75.5 cm³/mol. The molecule has 0 amide bonds. The Hall–Kier alpha value is -1.14. The Balaban J connectivity index is 1.91. The maximum Gasteiger partial charge on any atom is 0.228 e. The van der Waals surface area contributed by atoms with Gasteiger partial charge >= 0.3 is 0 Å². The Morgan fingerprint density at radius 1 is 1.21 bits per heavy atom. The van der Waals surface area contributed by atoms with E-state index < -0.39 is 0 Å². The van der Waals surface area contributed by atoms with E-state index in [1.165, 1.54) is 0 Å². The number of hydrogen-bond donors (Lipinski definition) is 3. The predicted octanol–water partition coefficient (Wildman–Crippen LogP) is 1.92. The molecule has 7 heteroatoms. The van der Waals surface area contributed by atoms with Crippen LogP contribution in [-0.4, -0.2) is 39.3 Å². The third-order valence-corrected chi connectivity index (χ3v) is 3.42. The highest BCUT2D eigenvalue weighted by Gasteiger charge is 2.20. The van der Waals surface area contributed by atoms with Crippen molar-refractivity contribution in [3.8, 4) is 0 Å². The van der Waals surface area contributed by atoms with Crippen molar-refractivity contribution in [3.05, 3.63) is 5.28 Å². The number of rotatable bonds is 5. The molecule has 1 fully saturated rings. The van der Waals surface area contributed by atoms with Gasteiger partial charge in [0, 0.05) is 13.1 Å². The molecule has 2 unspecified atom stereocenters. The third-order valence-electron chi connectivity index (χ3n) is 3.25. The summed E-state index contributed by atoms with van der Waals surface area (Å²) in [6, 6.07) is 0. The Morgan fingerprint density at radius 2 is 1.95 bits per heavy atom. The summed E-state index contributed by atoms with van der Waals surface area (Å²) >= 11 is 5.85. The van der Waals surface area contributed by atoms with Crippen molar-refractivity contribution in [2.75, 3.05) is 23.7 Å². The van der Waals surface area contributed by atoms with E-state index in [-0.39, 0.29) is 11.4 Å². The average molecular weight is 286 g/mol. The highest BCUT2D eigenvalue weighted by Crippen LogP contribution is 2.24. The molecule has 2 rings (SSSR count). The van der Waals surface area contributed by atoms with Gasteiger partial charge in [0.2, 0.25) is 17.2 Å². The number of halogens is 1. The van der Waals surface area contributed by atoms with Crippen LogP contribution in [0.4, 0.5) is 11.9 Å². The second-order valence-electron chi connectivity index (χ2n) is 4.85. The molecule has 1 aliphatic rings. The molecule has 6 nitrogen and oxygen atoms in total. The van der Waals surface area contributed by atoms with Crippen molar-refractivity contribution in [1.29, 1.82) is 0 Å². The average Bonchev–Trinajstić information content (AvgIpc) is 2.36. The van der Waals surface area contributed by atoms with Crippen LogP contribution >= 0.6 is 11.6 Å². The minimum atomic E-state index is -0.167. The minimum absolute atomic E-state index is 0.167. The molecule has 19 heavy (non-hydrogen) atoms. The zero-order valence-electron chi connectivity index (χ0n) is 11.1. The molecular formula is C12H20ClN5O. The van der Waals surface area contributed by atoms with E-state index in [2.05, 4.69) is 25.6 Å². The third kappa shape index (κ3) is 4.47. The molecule has 1 saturated carbocycles. The molecule has 0 bridgehead atoms. The van der Waals surface area contributed by atoms with Gasteiger partial charge in [0.25, 0.3) is 0 Å². The van der Waals surface area contributed by atoms with E-state index in [4.69, 9.17) is 11.6 Å². The molecular weight excluding hydrogens is 266 g/mol. The second-order valence-corrected chi connectivity index (χ2v) is 5.19. The van der Waals surface area contributed by atoms with Crippen LogP contribution in [0.2, 0.25) is 5.28 Å².